The summed E-state index contributed by atoms with van der Waals surface area (Å²) in [7, 11) is 1.96. The summed E-state index contributed by atoms with van der Waals surface area (Å²) in [5.41, 5.74) is 7.50. The highest BCUT2D eigenvalue weighted by atomic mass is 15.1. The van der Waals surface area contributed by atoms with Crippen molar-refractivity contribution in [2.75, 3.05) is 30.4 Å². The fourth-order valence-electron chi connectivity index (χ4n) is 3.44. The Morgan fingerprint density at radius 1 is 1.30 bits per heavy atom. The summed E-state index contributed by atoms with van der Waals surface area (Å²) >= 11 is 0. The molecule has 1 aliphatic heterocycles. The Labute approximate surface area is 139 Å². The highest BCUT2D eigenvalue weighted by Gasteiger charge is 2.23. The van der Waals surface area contributed by atoms with E-state index in [9.17, 15) is 0 Å². The SMILES string of the molecule is CCCN1CCC(C)c2ncc(-c3cc(NC)ccc3C)cc21. The normalized spacial score (nSPS) is 17.0. The van der Waals surface area contributed by atoms with Gasteiger partial charge in [0.25, 0.3) is 0 Å². The van der Waals surface area contributed by atoms with Gasteiger partial charge in [0.1, 0.15) is 0 Å². The van der Waals surface area contributed by atoms with Crippen molar-refractivity contribution in [1.82, 2.24) is 4.98 Å². The Hall–Kier alpha value is -2.03. The molecule has 0 amide bonds. The average Bonchev–Trinajstić information content (AvgIpc) is 2.58. The van der Waals surface area contributed by atoms with E-state index < -0.39 is 0 Å². The molecule has 23 heavy (non-hydrogen) atoms. The molecule has 2 aromatic rings. The molecule has 0 radical (unpaired) electrons. The zero-order valence-electron chi connectivity index (χ0n) is 14.7. The summed E-state index contributed by atoms with van der Waals surface area (Å²) in [5, 5.41) is 3.23. The Morgan fingerprint density at radius 2 is 2.13 bits per heavy atom. The predicted molar refractivity (Wildman–Crippen MR) is 99.5 cm³/mol. The highest BCUT2D eigenvalue weighted by Crippen LogP contribution is 2.37. The number of aryl methyl sites for hydroxylation is 1. The minimum Gasteiger partial charge on any atom is -0.388 e. The Kier molecular flexibility index (Phi) is 4.56. The molecule has 3 heteroatoms. The third kappa shape index (κ3) is 3.05. The van der Waals surface area contributed by atoms with E-state index in [1.54, 1.807) is 0 Å². The van der Waals surface area contributed by atoms with Crippen LogP contribution in [0, 0.1) is 6.92 Å². The fraction of sp³-hybridized carbons (Fsp3) is 0.450. The van der Waals surface area contributed by atoms with Gasteiger partial charge in [-0.3, -0.25) is 4.98 Å². The number of aromatic nitrogens is 1. The number of benzene rings is 1. The second-order valence-electron chi connectivity index (χ2n) is 6.58. The van der Waals surface area contributed by atoms with Gasteiger partial charge in [0.2, 0.25) is 0 Å². The van der Waals surface area contributed by atoms with Crippen molar-refractivity contribution < 1.29 is 0 Å². The van der Waals surface area contributed by atoms with Crippen LogP contribution in [-0.4, -0.2) is 25.1 Å². The predicted octanol–water partition coefficient (Wildman–Crippen LogP) is 4.82. The van der Waals surface area contributed by atoms with E-state index >= 15 is 0 Å². The smallest absolute Gasteiger partial charge is 0.0665 e. The van der Waals surface area contributed by atoms with Crippen LogP contribution in [0.3, 0.4) is 0 Å². The Morgan fingerprint density at radius 3 is 2.87 bits per heavy atom. The van der Waals surface area contributed by atoms with E-state index in [2.05, 4.69) is 55.3 Å². The second-order valence-corrected chi connectivity index (χ2v) is 6.58. The molecule has 0 spiro atoms. The molecule has 0 saturated carbocycles. The monoisotopic (exact) mass is 309 g/mol. The molecular weight excluding hydrogens is 282 g/mol. The van der Waals surface area contributed by atoms with Crippen molar-refractivity contribution in [2.24, 2.45) is 0 Å². The number of fused-ring (bicyclic) bond motifs is 1. The van der Waals surface area contributed by atoms with Crippen LogP contribution in [0.15, 0.2) is 30.5 Å². The lowest BCUT2D eigenvalue weighted by atomic mass is 9.93. The number of nitrogens with one attached hydrogen (secondary N) is 1. The lowest BCUT2D eigenvalue weighted by Crippen LogP contribution is -2.31. The number of rotatable bonds is 4. The van der Waals surface area contributed by atoms with Crippen LogP contribution in [0.4, 0.5) is 11.4 Å². The van der Waals surface area contributed by atoms with Crippen LogP contribution in [0.25, 0.3) is 11.1 Å². The maximum Gasteiger partial charge on any atom is 0.0665 e. The molecule has 2 heterocycles. The van der Waals surface area contributed by atoms with Crippen molar-refractivity contribution in [1.29, 1.82) is 0 Å². The number of hydrogen-bond acceptors (Lipinski definition) is 3. The third-order valence-electron chi connectivity index (χ3n) is 4.87. The summed E-state index contributed by atoms with van der Waals surface area (Å²) < 4.78 is 0. The van der Waals surface area contributed by atoms with Gasteiger partial charge >= 0.3 is 0 Å². The van der Waals surface area contributed by atoms with Gasteiger partial charge in [0.05, 0.1) is 11.4 Å². The van der Waals surface area contributed by atoms with Gasteiger partial charge in [-0.15, -0.1) is 0 Å². The third-order valence-corrected chi connectivity index (χ3v) is 4.87. The van der Waals surface area contributed by atoms with Crippen LogP contribution in [0.1, 0.15) is 43.9 Å². The first-order chi connectivity index (χ1) is 11.1. The Bertz CT molecular complexity index is 693. The molecule has 0 bridgehead atoms. The lowest BCUT2D eigenvalue weighted by Gasteiger charge is -2.34. The van der Waals surface area contributed by atoms with E-state index in [0.29, 0.717) is 5.92 Å². The van der Waals surface area contributed by atoms with E-state index in [0.717, 1.165) is 18.8 Å². The molecule has 1 N–H and O–H groups in total. The van der Waals surface area contributed by atoms with Gasteiger partial charge < -0.3 is 10.2 Å². The fourth-order valence-corrected chi connectivity index (χ4v) is 3.44. The minimum atomic E-state index is 0.553. The molecule has 3 nitrogen and oxygen atoms in total. The molecule has 1 unspecified atom stereocenters. The zero-order valence-corrected chi connectivity index (χ0v) is 14.7. The maximum absolute atomic E-state index is 4.84. The van der Waals surface area contributed by atoms with Gasteiger partial charge in [0, 0.05) is 43.5 Å². The van der Waals surface area contributed by atoms with Crippen LogP contribution < -0.4 is 10.2 Å². The van der Waals surface area contributed by atoms with Gasteiger partial charge in [-0.05, 0) is 49.1 Å². The van der Waals surface area contributed by atoms with E-state index in [1.165, 1.54) is 40.9 Å². The standard InChI is InChI=1S/C20H27N3/c1-5-9-23-10-8-15(3)20-19(23)11-16(13-22-20)18-12-17(21-4)7-6-14(18)2/h6-7,11-13,15,21H,5,8-10H2,1-4H3. The molecule has 1 atom stereocenters. The summed E-state index contributed by atoms with van der Waals surface area (Å²) in [6.07, 6.45) is 4.42. The van der Waals surface area contributed by atoms with Gasteiger partial charge in [-0.2, -0.15) is 0 Å². The summed E-state index contributed by atoms with van der Waals surface area (Å²) in [6.45, 7) is 8.96. The largest absolute Gasteiger partial charge is 0.388 e. The first kappa shape index (κ1) is 15.9. The summed E-state index contributed by atoms with van der Waals surface area (Å²) in [6, 6.07) is 8.85. The molecule has 0 fully saturated rings. The Balaban J connectivity index is 2.07. The quantitative estimate of drug-likeness (QED) is 0.877. The molecule has 0 saturated heterocycles. The van der Waals surface area contributed by atoms with E-state index in [4.69, 9.17) is 4.98 Å². The first-order valence-corrected chi connectivity index (χ1v) is 8.67. The van der Waals surface area contributed by atoms with Crippen LogP contribution >= 0.6 is 0 Å². The zero-order chi connectivity index (χ0) is 16.4. The second kappa shape index (κ2) is 6.61. The maximum atomic E-state index is 4.84. The van der Waals surface area contributed by atoms with E-state index in [1.807, 2.05) is 13.2 Å². The minimum absolute atomic E-state index is 0.553. The summed E-state index contributed by atoms with van der Waals surface area (Å²) in [4.78, 5) is 7.35. The molecule has 1 aromatic carbocycles. The summed E-state index contributed by atoms with van der Waals surface area (Å²) in [5.74, 6) is 0.553. The molecule has 1 aliphatic rings. The average molecular weight is 309 g/mol. The van der Waals surface area contributed by atoms with Crippen molar-refractivity contribution >= 4 is 11.4 Å². The van der Waals surface area contributed by atoms with Crippen molar-refractivity contribution in [3.8, 4) is 11.1 Å². The number of pyridine rings is 1. The van der Waals surface area contributed by atoms with Crippen LogP contribution in [-0.2, 0) is 0 Å². The van der Waals surface area contributed by atoms with Crippen molar-refractivity contribution in [3.05, 3.63) is 41.7 Å². The number of hydrogen-bond donors (Lipinski definition) is 1. The topological polar surface area (TPSA) is 28.2 Å². The highest BCUT2D eigenvalue weighted by molar-refractivity contribution is 5.74. The lowest BCUT2D eigenvalue weighted by molar-refractivity contribution is 0.592. The molecule has 0 aliphatic carbocycles. The van der Waals surface area contributed by atoms with Crippen molar-refractivity contribution in [3.63, 3.8) is 0 Å². The first-order valence-electron chi connectivity index (χ1n) is 8.67. The molecule has 122 valence electrons. The van der Waals surface area contributed by atoms with Crippen molar-refractivity contribution in [2.45, 2.75) is 39.5 Å². The van der Waals surface area contributed by atoms with Crippen LogP contribution in [0.2, 0.25) is 0 Å². The van der Waals surface area contributed by atoms with Gasteiger partial charge in [-0.1, -0.05) is 19.9 Å². The van der Waals surface area contributed by atoms with E-state index in [-0.39, 0.29) is 0 Å². The molecular formula is C20H27N3. The van der Waals surface area contributed by atoms with Gasteiger partial charge in [0.15, 0.2) is 0 Å². The molecule has 3 rings (SSSR count). The molecule has 1 aromatic heterocycles. The van der Waals surface area contributed by atoms with Gasteiger partial charge in [-0.25, -0.2) is 0 Å². The van der Waals surface area contributed by atoms with Crippen LogP contribution in [0.5, 0.6) is 0 Å². The number of nitrogens with zero attached hydrogens (tertiary/aromatic N) is 2. The number of anilines is 2.